The van der Waals surface area contributed by atoms with Crippen LogP contribution in [-0.4, -0.2) is 53.2 Å². The average Bonchev–Trinajstić information content (AvgIpc) is 3.68. The first-order chi connectivity index (χ1) is 20.7. The highest BCUT2D eigenvalue weighted by atomic mass is 32.2. The molecule has 0 saturated heterocycles. The molecule has 0 bridgehead atoms. The summed E-state index contributed by atoms with van der Waals surface area (Å²) in [6.45, 7) is 4.40. The fourth-order valence-electron chi connectivity index (χ4n) is 9.47. The van der Waals surface area contributed by atoms with Crippen LogP contribution in [0.4, 0.5) is 0 Å². The Balaban J connectivity index is 1.05. The van der Waals surface area contributed by atoms with Gasteiger partial charge in [-0.2, -0.15) is 5.10 Å². The Morgan fingerprint density at radius 1 is 1.16 bits per heavy atom. The average molecular weight is 613 g/mol. The molecule has 9 heteroatoms. The second kappa shape index (κ2) is 9.83. The number of hydrogen-bond donors (Lipinski definition) is 2. The highest BCUT2D eigenvalue weighted by Gasteiger charge is 2.68. The van der Waals surface area contributed by atoms with Crippen molar-refractivity contribution in [3.63, 3.8) is 0 Å². The maximum absolute atomic E-state index is 13.8. The molecule has 4 aliphatic rings. The molecule has 0 unspecified atom stereocenters. The van der Waals surface area contributed by atoms with Gasteiger partial charge in [0.2, 0.25) is 0 Å². The van der Waals surface area contributed by atoms with Crippen LogP contribution in [0.15, 0.2) is 64.8 Å². The molecular formula is C34H36N4O3S2. The largest absolute Gasteiger partial charge is 0.393 e. The highest BCUT2D eigenvalue weighted by Crippen LogP contribution is 2.67. The lowest BCUT2D eigenvalue weighted by atomic mass is 9.45. The molecule has 222 valence electrons. The van der Waals surface area contributed by atoms with Crippen molar-refractivity contribution in [2.75, 3.05) is 5.75 Å². The van der Waals surface area contributed by atoms with Crippen LogP contribution < -0.4 is 0 Å². The van der Waals surface area contributed by atoms with E-state index in [1.54, 1.807) is 17.5 Å². The molecule has 0 spiro atoms. The Kier molecular flexibility index (Phi) is 6.33. The van der Waals surface area contributed by atoms with Gasteiger partial charge in [-0.15, -0.1) is 11.3 Å². The zero-order valence-corrected chi connectivity index (χ0v) is 26.1. The van der Waals surface area contributed by atoms with Crippen LogP contribution in [0.5, 0.6) is 0 Å². The fourth-order valence-corrected chi connectivity index (χ4v) is 11.5. The van der Waals surface area contributed by atoms with Crippen LogP contribution in [0.2, 0.25) is 0 Å². The first kappa shape index (κ1) is 27.7. The number of rotatable bonds is 5. The topological polar surface area (TPSA) is 101 Å². The van der Waals surface area contributed by atoms with Gasteiger partial charge >= 0.3 is 0 Å². The third-order valence-corrected chi connectivity index (χ3v) is 13.7. The van der Waals surface area contributed by atoms with Crippen LogP contribution >= 0.6 is 23.1 Å². The molecule has 0 radical (unpaired) electrons. The van der Waals surface area contributed by atoms with Gasteiger partial charge in [0, 0.05) is 11.6 Å². The number of carbonyl (C=O) groups is 1. The van der Waals surface area contributed by atoms with E-state index >= 15 is 0 Å². The minimum Gasteiger partial charge on any atom is -0.393 e. The lowest BCUT2D eigenvalue weighted by Gasteiger charge is -2.60. The quantitative estimate of drug-likeness (QED) is 0.262. The van der Waals surface area contributed by atoms with Gasteiger partial charge in [-0.05, 0) is 97.6 Å². The third-order valence-electron chi connectivity index (χ3n) is 11.5. The molecule has 4 aliphatic carbocycles. The second-order valence-electron chi connectivity index (χ2n) is 13.5. The van der Waals surface area contributed by atoms with Crippen LogP contribution in [0.3, 0.4) is 0 Å². The SMILES string of the molecule is C[C@]12Cc3cnn(-c4ccccn4)c3C=C1CC[C@@H]1[C@@H]2[C@@H](O)C[C@@]2(C)[C@H]1CC[C@]2(O)C(=O)CSc1nc2ccccc2s1. The normalized spacial score (nSPS) is 34.7. The Morgan fingerprint density at radius 3 is 2.81 bits per heavy atom. The summed E-state index contributed by atoms with van der Waals surface area (Å²) in [4.78, 5) is 23.0. The number of allylic oxidation sites excluding steroid dienone is 1. The number of thioether (sulfide) groups is 1. The number of aliphatic hydroxyl groups excluding tert-OH is 1. The zero-order valence-electron chi connectivity index (χ0n) is 24.4. The van der Waals surface area contributed by atoms with E-state index in [0.29, 0.717) is 12.8 Å². The van der Waals surface area contributed by atoms with Gasteiger partial charge in [-0.1, -0.05) is 49.4 Å². The Labute approximate surface area is 259 Å². The summed E-state index contributed by atoms with van der Waals surface area (Å²) in [5, 5.41) is 28.8. The number of para-hydroxylation sites is 1. The van der Waals surface area contributed by atoms with E-state index in [9.17, 15) is 15.0 Å². The summed E-state index contributed by atoms with van der Waals surface area (Å²) in [6, 6.07) is 13.9. The molecule has 0 amide bonds. The molecule has 43 heavy (non-hydrogen) atoms. The molecular weight excluding hydrogens is 577 g/mol. The number of pyridine rings is 1. The summed E-state index contributed by atoms with van der Waals surface area (Å²) in [6.07, 6.45) is 9.90. The van der Waals surface area contributed by atoms with E-state index in [-0.39, 0.29) is 34.7 Å². The van der Waals surface area contributed by atoms with Gasteiger partial charge in [0.25, 0.3) is 0 Å². The number of nitrogens with zero attached hydrogens (tertiary/aromatic N) is 4. The molecule has 2 N–H and O–H groups in total. The van der Waals surface area contributed by atoms with Crippen molar-refractivity contribution in [3.8, 4) is 5.82 Å². The van der Waals surface area contributed by atoms with Crippen molar-refractivity contribution in [1.29, 1.82) is 0 Å². The van der Waals surface area contributed by atoms with E-state index < -0.39 is 17.1 Å². The smallest absolute Gasteiger partial charge is 0.175 e. The molecule has 0 aliphatic heterocycles. The molecule has 3 heterocycles. The van der Waals surface area contributed by atoms with Gasteiger partial charge in [-0.25, -0.2) is 14.6 Å². The number of fused-ring (bicyclic) bond motifs is 7. The maximum Gasteiger partial charge on any atom is 0.175 e. The molecule has 4 aromatic rings. The van der Waals surface area contributed by atoms with E-state index in [4.69, 9.17) is 5.10 Å². The maximum atomic E-state index is 13.8. The summed E-state index contributed by atoms with van der Waals surface area (Å²) in [7, 11) is 0. The predicted octanol–water partition coefficient (Wildman–Crippen LogP) is 6.12. The number of aliphatic hydroxyl groups is 2. The van der Waals surface area contributed by atoms with Crippen LogP contribution in [0.25, 0.3) is 22.1 Å². The van der Waals surface area contributed by atoms with Crippen molar-refractivity contribution < 1.29 is 15.0 Å². The van der Waals surface area contributed by atoms with Gasteiger partial charge in [0.15, 0.2) is 15.9 Å². The van der Waals surface area contributed by atoms with Crippen molar-refractivity contribution in [2.45, 2.75) is 68.4 Å². The van der Waals surface area contributed by atoms with Gasteiger partial charge in [-0.3, -0.25) is 4.79 Å². The molecule has 7 atom stereocenters. The fraction of sp³-hybridized carbons (Fsp3) is 0.471. The number of Topliss-reactive ketones (excluding diaryl/α,β-unsaturated/α-hetero) is 1. The number of hydrogen-bond acceptors (Lipinski definition) is 8. The Bertz CT molecular complexity index is 1730. The standard InChI is InChI=1S/C34H36N4O3S2/c1-32-16-20-18-36-38(29-9-5-6-14-35-29)25(20)15-21(32)10-11-22-23-12-13-34(41,33(23,2)17-26(39)30(22)32)28(40)19-42-31-37-24-7-3-4-8-27(24)43-31/h3-9,14-15,18,22-23,26,30,39,41H,10-13,16-17,19H2,1-2H3/t22-,23-,26-,30+,32-,33-,34-/m0/s1. The number of ketones is 1. The summed E-state index contributed by atoms with van der Waals surface area (Å²) in [5.74, 6) is 1.39. The zero-order chi connectivity index (χ0) is 29.6. The summed E-state index contributed by atoms with van der Waals surface area (Å²) >= 11 is 3.01. The Hall–Kier alpha value is -2.85. The van der Waals surface area contributed by atoms with Crippen molar-refractivity contribution in [1.82, 2.24) is 19.7 Å². The van der Waals surface area contributed by atoms with Crippen LogP contribution in [0.1, 0.15) is 57.2 Å². The van der Waals surface area contributed by atoms with Crippen LogP contribution in [-0.2, 0) is 11.2 Å². The lowest BCUT2D eigenvalue weighted by molar-refractivity contribution is -0.177. The predicted molar refractivity (Wildman–Crippen MR) is 169 cm³/mol. The number of benzene rings is 1. The van der Waals surface area contributed by atoms with Crippen molar-refractivity contribution in [3.05, 3.63) is 71.7 Å². The molecule has 3 fully saturated rings. The van der Waals surface area contributed by atoms with E-state index in [0.717, 1.165) is 51.8 Å². The minimum atomic E-state index is -1.44. The first-order valence-corrected chi connectivity index (χ1v) is 17.1. The molecule has 8 rings (SSSR count). The number of carbonyl (C=O) groups excluding carboxylic acids is 1. The molecule has 3 saturated carbocycles. The number of thiazole rings is 1. The summed E-state index contributed by atoms with van der Waals surface area (Å²) in [5.41, 5.74) is 2.30. The minimum absolute atomic E-state index is 0.0755. The van der Waals surface area contributed by atoms with E-state index in [1.807, 2.05) is 53.3 Å². The van der Waals surface area contributed by atoms with Gasteiger partial charge in [0.05, 0.1) is 34.0 Å². The van der Waals surface area contributed by atoms with Gasteiger partial charge < -0.3 is 10.2 Å². The second-order valence-corrected chi connectivity index (χ2v) is 15.8. The number of aromatic nitrogens is 4. The van der Waals surface area contributed by atoms with Crippen LogP contribution in [0, 0.1) is 28.6 Å². The Morgan fingerprint density at radius 2 is 2.00 bits per heavy atom. The van der Waals surface area contributed by atoms with E-state index in [1.165, 1.54) is 22.9 Å². The van der Waals surface area contributed by atoms with E-state index in [2.05, 4.69) is 29.9 Å². The monoisotopic (exact) mass is 612 g/mol. The van der Waals surface area contributed by atoms with Gasteiger partial charge in [0.1, 0.15) is 5.60 Å². The molecule has 3 aromatic heterocycles. The van der Waals surface area contributed by atoms with Crippen molar-refractivity contribution in [2.24, 2.45) is 28.6 Å². The molecule has 1 aromatic carbocycles. The lowest BCUT2D eigenvalue weighted by Crippen LogP contribution is -2.62. The first-order valence-electron chi connectivity index (χ1n) is 15.3. The third kappa shape index (κ3) is 4.01. The molecule has 7 nitrogen and oxygen atoms in total. The van der Waals surface area contributed by atoms with Crippen molar-refractivity contribution >= 4 is 45.2 Å². The summed E-state index contributed by atoms with van der Waals surface area (Å²) < 4.78 is 3.88. The highest BCUT2D eigenvalue weighted by molar-refractivity contribution is 8.01.